The first kappa shape index (κ1) is 12.2. The Bertz CT molecular complexity index is 377. The lowest BCUT2D eigenvalue weighted by Crippen LogP contribution is -2.19. The third-order valence-electron chi connectivity index (χ3n) is 2.03. The molecule has 4 heteroatoms. The van der Waals surface area contributed by atoms with Crippen LogP contribution in [0, 0.1) is 6.92 Å². The number of halogens is 1. The Hall–Kier alpha value is -0.870. The standard InChI is InChI=1S/C11H14BrNO2/c1-7-4-8(10(14)6-13-2)11(15-3)9(12)5-7/h4-5,13H,6H2,1-3H3. The molecule has 0 aliphatic rings. The third-order valence-corrected chi connectivity index (χ3v) is 2.62. The summed E-state index contributed by atoms with van der Waals surface area (Å²) in [5, 5.41) is 2.84. The number of likely N-dealkylation sites (N-methyl/N-ethyl adjacent to an activating group) is 1. The molecule has 0 aliphatic heterocycles. The van der Waals surface area contributed by atoms with Gasteiger partial charge in [0.1, 0.15) is 5.75 Å². The van der Waals surface area contributed by atoms with E-state index in [-0.39, 0.29) is 5.78 Å². The average Bonchev–Trinajstić information content (AvgIpc) is 2.17. The predicted octanol–water partition coefficient (Wildman–Crippen LogP) is 2.17. The summed E-state index contributed by atoms with van der Waals surface area (Å²) in [6.45, 7) is 2.26. The molecular weight excluding hydrogens is 258 g/mol. The van der Waals surface area contributed by atoms with Crippen molar-refractivity contribution in [3.63, 3.8) is 0 Å². The third kappa shape index (κ3) is 2.79. The highest BCUT2D eigenvalue weighted by molar-refractivity contribution is 9.10. The molecule has 0 atom stereocenters. The lowest BCUT2D eigenvalue weighted by molar-refractivity contribution is 0.0990. The van der Waals surface area contributed by atoms with Gasteiger partial charge < -0.3 is 10.1 Å². The second-order valence-corrected chi connectivity index (χ2v) is 4.14. The Balaban J connectivity index is 3.20. The fourth-order valence-electron chi connectivity index (χ4n) is 1.40. The van der Waals surface area contributed by atoms with Crippen LogP contribution < -0.4 is 10.1 Å². The Morgan fingerprint density at radius 1 is 1.53 bits per heavy atom. The van der Waals surface area contributed by atoms with E-state index >= 15 is 0 Å². The Labute approximate surface area is 97.9 Å². The van der Waals surface area contributed by atoms with Crippen molar-refractivity contribution in [2.45, 2.75) is 6.92 Å². The van der Waals surface area contributed by atoms with Gasteiger partial charge in [0, 0.05) is 0 Å². The maximum Gasteiger partial charge on any atom is 0.180 e. The molecule has 1 rings (SSSR count). The summed E-state index contributed by atoms with van der Waals surface area (Å²) in [5.41, 5.74) is 1.64. The zero-order valence-electron chi connectivity index (χ0n) is 9.06. The largest absolute Gasteiger partial charge is 0.495 e. The molecule has 0 aliphatic carbocycles. The second kappa shape index (κ2) is 5.28. The van der Waals surface area contributed by atoms with E-state index in [0.29, 0.717) is 17.9 Å². The van der Waals surface area contributed by atoms with Gasteiger partial charge in [-0.05, 0) is 47.6 Å². The molecule has 0 spiro atoms. The van der Waals surface area contributed by atoms with Crippen molar-refractivity contribution in [2.75, 3.05) is 20.7 Å². The summed E-state index contributed by atoms with van der Waals surface area (Å²) in [4.78, 5) is 11.8. The molecular formula is C11H14BrNO2. The highest BCUT2D eigenvalue weighted by Crippen LogP contribution is 2.30. The summed E-state index contributed by atoms with van der Waals surface area (Å²) in [6.07, 6.45) is 0. The van der Waals surface area contributed by atoms with Gasteiger partial charge in [-0.3, -0.25) is 4.79 Å². The highest BCUT2D eigenvalue weighted by atomic mass is 79.9. The van der Waals surface area contributed by atoms with Gasteiger partial charge in [0.15, 0.2) is 5.78 Å². The van der Waals surface area contributed by atoms with Gasteiger partial charge in [-0.1, -0.05) is 0 Å². The minimum absolute atomic E-state index is 0.0266. The number of carbonyl (C=O) groups is 1. The molecule has 0 unspecified atom stereocenters. The van der Waals surface area contributed by atoms with Crippen LogP contribution in [-0.2, 0) is 0 Å². The molecule has 0 radical (unpaired) electrons. The van der Waals surface area contributed by atoms with Crippen molar-refractivity contribution < 1.29 is 9.53 Å². The number of carbonyl (C=O) groups excluding carboxylic acids is 1. The van der Waals surface area contributed by atoms with Gasteiger partial charge in [-0.15, -0.1) is 0 Å². The zero-order chi connectivity index (χ0) is 11.4. The Morgan fingerprint density at radius 3 is 2.73 bits per heavy atom. The molecule has 1 N–H and O–H groups in total. The quantitative estimate of drug-likeness (QED) is 0.854. The molecule has 0 saturated carbocycles. The normalized spacial score (nSPS) is 10.1. The topological polar surface area (TPSA) is 38.3 Å². The Morgan fingerprint density at radius 2 is 2.20 bits per heavy atom. The molecule has 0 aromatic heterocycles. The van der Waals surface area contributed by atoms with E-state index in [1.807, 2.05) is 19.1 Å². The van der Waals surface area contributed by atoms with Gasteiger partial charge in [0.2, 0.25) is 0 Å². The van der Waals surface area contributed by atoms with Gasteiger partial charge in [0.05, 0.1) is 23.7 Å². The number of methoxy groups -OCH3 is 1. The fraction of sp³-hybridized carbons (Fsp3) is 0.364. The van der Waals surface area contributed by atoms with Crippen LogP contribution in [0.15, 0.2) is 16.6 Å². The molecule has 0 saturated heterocycles. The first-order valence-electron chi connectivity index (χ1n) is 4.62. The average molecular weight is 272 g/mol. The second-order valence-electron chi connectivity index (χ2n) is 3.28. The van der Waals surface area contributed by atoms with Gasteiger partial charge >= 0.3 is 0 Å². The molecule has 3 nitrogen and oxygen atoms in total. The predicted molar refractivity (Wildman–Crippen MR) is 63.7 cm³/mol. The van der Waals surface area contributed by atoms with Crippen LogP contribution >= 0.6 is 15.9 Å². The number of hydrogen-bond donors (Lipinski definition) is 1. The monoisotopic (exact) mass is 271 g/mol. The number of ketones is 1. The maximum absolute atomic E-state index is 11.8. The first-order valence-corrected chi connectivity index (χ1v) is 5.41. The van der Waals surface area contributed by atoms with E-state index in [1.54, 1.807) is 14.2 Å². The smallest absolute Gasteiger partial charge is 0.180 e. The van der Waals surface area contributed by atoms with Crippen LogP contribution in [0.2, 0.25) is 0 Å². The summed E-state index contributed by atoms with van der Waals surface area (Å²) in [6, 6.07) is 3.76. The van der Waals surface area contributed by atoms with Crippen molar-refractivity contribution in [1.29, 1.82) is 0 Å². The van der Waals surface area contributed by atoms with Crippen LogP contribution in [0.25, 0.3) is 0 Å². The molecule has 0 heterocycles. The van der Waals surface area contributed by atoms with Crippen LogP contribution in [0.3, 0.4) is 0 Å². The van der Waals surface area contributed by atoms with Crippen molar-refractivity contribution in [2.24, 2.45) is 0 Å². The summed E-state index contributed by atoms with van der Waals surface area (Å²) in [7, 11) is 3.31. The van der Waals surface area contributed by atoms with E-state index in [0.717, 1.165) is 10.0 Å². The SMILES string of the molecule is CNCC(=O)c1cc(C)cc(Br)c1OC. The first-order chi connectivity index (χ1) is 7.10. The van der Waals surface area contributed by atoms with Crippen LogP contribution in [-0.4, -0.2) is 26.5 Å². The molecule has 82 valence electrons. The van der Waals surface area contributed by atoms with Crippen LogP contribution in [0.1, 0.15) is 15.9 Å². The number of Topliss-reactive ketones (excluding diaryl/α,β-unsaturated/α-hetero) is 1. The number of benzene rings is 1. The van der Waals surface area contributed by atoms with Gasteiger partial charge in [0.25, 0.3) is 0 Å². The minimum atomic E-state index is 0.0266. The number of ether oxygens (including phenoxy) is 1. The Kier molecular flexibility index (Phi) is 4.29. The molecule has 0 fully saturated rings. The van der Waals surface area contributed by atoms with E-state index in [2.05, 4.69) is 21.2 Å². The van der Waals surface area contributed by atoms with Crippen molar-refractivity contribution in [3.8, 4) is 5.75 Å². The van der Waals surface area contributed by atoms with Crippen molar-refractivity contribution in [1.82, 2.24) is 5.32 Å². The van der Waals surface area contributed by atoms with E-state index in [9.17, 15) is 4.79 Å². The summed E-state index contributed by atoms with van der Waals surface area (Å²) < 4.78 is 6.01. The summed E-state index contributed by atoms with van der Waals surface area (Å²) >= 11 is 3.38. The van der Waals surface area contributed by atoms with E-state index in [4.69, 9.17) is 4.74 Å². The van der Waals surface area contributed by atoms with Crippen molar-refractivity contribution >= 4 is 21.7 Å². The molecule has 1 aromatic rings. The number of rotatable bonds is 4. The number of hydrogen-bond acceptors (Lipinski definition) is 3. The van der Waals surface area contributed by atoms with Gasteiger partial charge in [-0.2, -0.15) is 0 Å². The molecule has 15 heavy (non-hydrogen) atoms. The van der Waals surface area contributed by atoms with E-state index in [1.165, 1.54) is 0 Å². The maximum atomic E-state index is 11.8. The molecule has 1 aromatic carbocycles. The van der Waals surface area contributed by atoms with Gasteiger partial charge in [-0.25, -0.2) is 0 Å². The van der Waals surface area contributed by atoms with E-state index < -0.39 is 0 Å². The number of nitrogens with one attached hydrogen (secondary N) is 1. The van der Waals surface area contributed by atoms with Crippen molar-refractivity contribution in [3.05, 3.63) is 27.7 Å². The molecule has 0 bridgehead atoms. The fourth-order valence-corrected chi connectivity index (χ4v) is 2.14. The number of aryl methyl sites for hydroxylation is 1. The zero-order valence-corrected chi connectivity index (χ0v) is 10.6. The summed E-state index contributed by atoms with van der Waals surface area (Å²) in [5.74, 6) is 0.625. The van der Waals surface area contributed by atoms with Crippen LogP contribution in [0.4, 0.5) is 0 Å². The molecule has 0 amide bonds. The highest BCUT2D eigenvalue weighted by Gasteiger charge is 2.14. The van der Waals surface area contributed by atoms with Crippen LogP contribution in [0.5, 0.6) is 5.75 Å². The lowest BCUT2D eigenvalue weighted by atomic mass is 10.1. The lowest BCUT2D eigenvalue weighted by Gasteiger charge is -2.10. The minimum Gasteiger partial charge on any atom is -0.495 e.